The Balaban J connectivity index is 1.74. The largest absolute Gasteiger partial charge is 0.391 e. The van der Waals surface area contributed by atoms with Gasteiger partial charge in [0, 0.05) is 25.2 Å². The summed E-state index contributed by atoms with van der Waals surface area (Å²) in [5.74, 6) is 0.0644. The lowest BCUT2D eigenvalue weighted by Crippen LogP contribution is -2.16. The zero-order valence-electron chi connectivity index (χ0n) is 10.0. The maximum absolute atomic E-state index is 9.80. The molecule has 3 rings (SSSR count). The van der Waals surface area contributed by atoms with Crippen LogP contribution in [0.2, 0.25) is 0 Å². The Hall–Kier alpha value is -1.72. The fraction of sp³-hybridized carbons (Fsp3) is 0.385. The van der Waals surface area contributed by atoms with Gasteiger partial charge in [-0.25, -0.2) is 4.68 Å². The second-order valence-corrected chi connectivity index (χ2v) is 4.66. The first-order valence-electron chi connectivity index (χ1n) is 6.15. The Morgan fingerprint density at radius 1 is 1.28 bits per heavy atom. The highest BCUT2D eigenvalue weighted by molar-refractivity contribution is 5.15. The van der Waals surface area contributed by atoms with Gasteiger partial charge in [0.1, 0.15) is 0 Å². The van der Waals surface area contributed by atoms with Gasteiger partial charge in [0.05, 0.1) is 18.3 Å². The van der Waals surface area contributed by atoms with Crippen LogP contribution in [-0.2, 0) is 6.54 Å². The number of hydrogen-bond donors (Lipinski definition) is 2. The average Bonchev–Trinajstić information content (AvgIpc) is 2.99. The van der Waals surface area contributed by atoms with E-state index in [0.29, 0.717) is 13.1 Å². The maximum Gasteiger partial charge on any atom is 0.0897 e. The highest BCUT2D eigenvalue weighted by atomic mass is 16.3. The van der Waals surface area contributed by atoms with Gasteiger partial charge in [-0.2, -0.15) is 0 Å². The molecule has 1 aliphatic heterocycles. The Kier molecular flexibility index (Phi) is 3.08. The van der Waals surface area contributed by atoms with Crippen molar-refractivity contribution >= 4 is 0 Å². The maximum atomic E-state index is 9.80. The Labute approximate surface area is 105 Å². The molecule has 18 heavy (non-hydrogen) atoms. The molecule has 2 N–H and O–H groups in total. The molecule has 0 unspecified atom stereocenters. The lowest BCUT2D eigenvalue weighted by molar-refractivity contribution is 0.176. The summed E-state index contributed by atoms with van der Waals surface area (Å²) in [5.41, 5.74) is 2.06. The van der Waals surface area contributed by atoms with E-state index >= 15 is 0 Å². The van der Waals surface area contributed by atoms with Gasteiger partial charge in [0.2, 0.25) is 0 Å². The summed E-state index contributed by atoms with van der Waals surface area (Å²) < 4.78 is 1.82. The Morgan fingerprint density at radius 2 is 2.11 bits per heavy atom. The second-order valence-electron chi connectivity index (χ2n) is 4.66. The summed E-state index contributed by atoms with van der Waals surface area (Å²) in [5, 5.41) is 21.2. The number of aliphatic hydroxyl groups excluding tert-OH is 1. The molecule has 2 aromatic rings. The zero-order valence-corrected chi connectivity index (χ0v) is 10.0. The van der Waals surface area contributed by atoms with Crippen molar-refractivity contribution in [2.75, 3.05) is 13.1 Å². The summed E-state index contributed by atoms with van der Waals surface area (Å²) in [4.78, 5) is 0. The number of β-amino-alcohol motifs (C(OH)–C–C–N with tert-alkyl or cyclic N) is 1. The van der Waals surface area contributed by atoms with Crippen molar-refractivity contribution in [1.82, 2.24) is 20.3 Å². The summed E-state index contributed by atoms with van der Waals surface area (Å²) in [7, 11) is 0. The average molecular weight is 244 g/mol. The first-order valence-corrected chi connectivity index (χ1v) is 6.15. The van der Waals surface area contributed by atoms with E-state index in [2.05, 4.69) is 27.8 Å². The number of aliphatic hydroxyl groups is 1. The molecule has 0 saturated carbocycles. The van der Waals surface area contributed by atoms with E-state index < -0.39 is 0 Å². The standard InChI is InChI=1S/C13H16N4O/c18-13-7-14-6-11(13)12-9-17(16-15-12)8-10-4-2-1-3-5-10/h1-5,9,11,13-14,18H,6-8H2/t11-,13+/m1/s1. The van der Waals surface area contributed by atoms with Crippen molar-refractivity contribution in [3.05, 3.63) is 47.8 Å². The normalized spacial score (nSPS) is 23.4. The van der Waals surface area contributed by atoms with Gasteiger partial charge in [-0.1, -0.05) is 35.5 Å². The number of aromatic nitrogens is 3. The molecule has 0 aliphatic carbocycles. The third-order valence-corrected chi connectivity index (χ3v) is 3.31. The van der Waals surface area contributed by atoms with Gasteiger partial charge >= 0.3 is 0 Å². The molecule has 5 nitrogen and oxygen atoms in total. The van der Waals surface area contributed by atoms with Crippen molar-refractivity contribution in [3.63, 3.8) is 0 Å². The smallest absolute Gasteiger partial charge is 0.0897 e. The van der Waals surface area contributed by atoms with Gasteiger partial charge in [0.15, 0.2) is 0 Å². The van der Waals surface area contributed by atoms with Crippen LogP contribution in [0.25, 0.3) is 0 Å². The van der Waals surface area contributed by atoms with Crippen molar-refractivity contribution in [3.8, 4) is 0 Å². The molecule has 0 spiro atoms. The van der Waals surface area contributed by atoms with Gasteiger partial charge in [-0.15, -0.1) is 5.10 Å². The summed E-state index contributed by atoms with van der Waals surface area (Å²) in [6.45, 7) is 2.12. The predicted octanol–water partition coefficient (Wildman–Crippen LogP) is 0.374. The second kappa shape index (κ2) is 4.88. The molecule has 2 atom stereocenters. The first-order chi connectivity index (χ1) is 8.83. The van der Waals surface area contributed by atoms with Gasteiger partial charge in [-0.05, 0) is 5.56 Å². The fourth-order valence-corrected chi connectivity index (χ4v) is 2.30. The van der Waals surface area contributed by atoms with E-state index in [9.17, 15) is 5.11 Å². The molecule has 1 saturated heterocycles. The SMILES string of the molecule is O[C@H]1CNC[C@@H]1c1cn(Cc2ccccc2)nn1. The van der Waals surface area contributed by atoms with Crippen LogP contribution in [0.15, 0.2) is 36.5 Å². The Morgan fingerprint density at radius 3 is 2.83 bits per heavy atom. The molecular formula is C13H16N4O. The number of nitrogens with zero attached hydrogens (tertiary/aromatic N) is 3. The molecule has 1 fully saturated rings. The molecule has 0 radical (unpaired) electrons. The van der Waals surface area contributed by atoms with Gasteiger partial charge in [0.25, 0.3) is 0 Å². The van der Waals surface area contributed by atoms with E-state index in [1.165, 1.54) is 5.56 Å². The number of nitrogens with one attached hydrogen (secondary N) is 1. The van der Waals surface area contributed by atoms with Crippen molar-refractivity contribution in [2.45, 2.75) is 18.6 Å². The number of benzene rings is 1. The van der Waals surface area contributed by atoms with Crippen molar-refractivity contribution in [1.29, 1.82) is 0 Å². The van der Waals surface area contributed by atoms with Crippen molar-refractivity contribution < 1.29 is 5.11 Å². The van der Waals surface area contributed by atoms with E-state index in [1.54, 1.807) is 0 Å². The highest BCUT2D eigenvalue weighted by Crippen LogP contribution is 2.20. The van der Waals surface area contributed by atoms with E-state index in [1.807, 2.05) is 29.1 Å². The van der Waals surface area contributed by atoms with Crippen LogP contribution in [0.5, 0.6) is 0 Å². The molecule has 0 amide bonds. The molecule has 0 bridgehead atoms. The van der Waals surface area contributed by atoms with Crippen molar-refractivity contribution in [2.24, 2.45) is 0 Å². The molecule has 5 heteroatoms. The van der Waals surface area contributed by atoms with Crippen LogP contribution in [-0.4, -0.2) is 39.3 Å². The van der Waals surface area contributed by atoms with Crippen LogP contribution in [0.3, 0.4) is 0 Å². The third-order valence-electron chi connectivity index (χ3n) is 3.31. The zero-order chi connectivity index (χ0) is 12.4. The minimum absolute atomic E-state index is 0.0644. The molecule has 1 aromatic heterocycles. The molecule has 94 valence electrons. The molecule has 1 aromatic carbocycles. The quantitative estimate of drug-likeness (QED) is 0.819. The first kappa shape index (κ1) is 11.4. The minimum Gasteiger partial charge on any atom is -0.391 e. The monoisotopic (exact) mass is 244 g/mol. The van der Waals surface area contributed by atoms with E-state index in [4.69, 9.17) is 0 Å². The lowest BCUT2D eigenvalue weighted by Gasteiger charge is -2.08. The number of hydrogen-bond acceptors (Lipinski definition) is 4. The lowest BCUT2D eigenvalue weighted by atomic mass is 10.0. The summed E-state index contributed by atoms with van der Waals surface area (Å²) >= 11 is 0. The van der Waals surface area contributed by atoms with Gasteiger partial charge < -0.3 is 10.4 Å². The van der Waals surface area contributed by atoms with Gasteiger partial charge in [-0.3, -0.25) is 0 Å². The number of rotatable bonds is 3. The molecule has 1 aliphatic rings. The molecule has 2 heterocycles. The van der Waals surface area contributed by atoms with Crippen LogP contribution >= 0.6 is 0 Å². The highest BCUT2D eigenvalue weighted by Gasteiger charge is 2.28. The van der Waals surface area contributed by atoms with E-state index in [0.717, 1.165) is 12.2 Å². The van der Waals surface area contributed by atoms with E-state index in [-0.39, 0.29) is 12.0 Å². The molecular weight excluding hydrogens is 228 g/mol. The minimum atomic E-state index is -0.355. The summed E-state index contributed by atoms with van der Waals surface area (Å²) in [6, 6.07) is 10.1. The summed E-state index contributed by atoms with van der Waals surface area (Å²) in [6.07, 6.45) is 1.57. The third kappa shape index (κ3) is 2.27. The predicted molar refractivity (Wildman–Crippen MR) is 67.2 cm³/mol. The van der Waals surface area contributed by atoms with Crippen LogP contribution < -0.4 is 5.32 Å². The topological polar surface area (TPSA) is 63.0 Å². The van der Waals surface area contributed by atoms with Crippen LogP contribution in [0.4, 0.5) is 0 Å². The fourth-order valence-electron chi connectivity index (χ4n) is 2.30. The Bertz CT molecular complexity index is 511. The van der Waals surface area contributed by atoms with Crippen LogP contribution in [0, 0.1) is 0 Å². The van der Waals surface area contributed by atoms with Crippen LogP contribution in [0.1, 0.15) is 17.2 Å².